The van der Waals surface area contributed by atoms with Gasteiger partial charge < -0.3 is 20.1 Å². The summed E-state index contributed by atoms with van der Waals surface area (Å²) in [7, 11) is 1.70. The number of pyridine rings is 1. The second kappa shape index (κ2) is 8.83. The maximum Gasteiger partial charge on any atom is 0.354 e. The van der Waals surface area contributed by atoms with Gasteiger partial charge in [0.25, 0.3) is 0 Å². The van der Waals surface area contributed by atoms with Crippen LogP contribution in [0, 0.1) is 11.8 Å². The second-order valence-electron chi connectivity index (χ2n) is 8.21. The zero-order chi connectivity index (χ0) is 21.1. The lowest BCUT2D eigenvalue weighted by Gasteiger charge is -2.37. The number of hydrogen-bond acceptors (Lipinski definition) is 5. The molecule has 1 aromatic heterocycles. The number of anilines is 1. The van der Waals surface area contributed by atoms with E-state index in [-0.39, 0.29) is 23.7 Å². The van der Waals surface area contributed by atoms with Gasteiger partial charge in [0, 0.05) is 32.1 Å². The zero-order valence-corrected chi connectivity index (χ0v) is 17.0. The minimum Gasteiger partial charge on any atom is -0.477 e. The van der Waals surface area contributed by atoms with E-state index in [1.165, 1.54) is 0 Å². The first kappa shape index (κ1) is 20.3. The number of aromatic nitrogens is 1. The topological polar surface area (TPSA) is 91.8 Å². The van der Waals surface area contributed by atoms with Crippen LogP contribution >= 0.6 is 0 Å². The molecule has 2 aromatic rings. The van der Waals surface area contributed by atoms with Crippen molar-refractivity contribution in [2.24, 2.45) is 11.8 Å². The summed E-state index contributed by atoms with van der Waals surface area (Å²) in [6, 6.07) is 13.2. The molecule has 0 bridgehead atoms. The highest BCUT2D eigenvalue weighted by molar-refractivity contribution is 5.86. The number of nitrogens with zero attached hydrogens (tertiary/aromatic N) is 2. The molecule has 0 spiro atoms. The Morgan fingerprint density at radius 2 is 1.90 bits per heavy atom. The Hall–Kier alpha value is -2.93. The minimum absolute atomic E-state index is 0.0144. The highest BCUT2D eigenvalue weighted by Crippen LogP contribution is 2.39. The number of carbonyl (C=O) groups excluding carboxylic acids is 1. The molecule has 1 aliphatic heterocycles. The molecule has 1 aliphatic carbocycles. The Kier molecular flexibility index (Phi) is 5.99. The molecule has 0 unspecified atom stereocenters. The smallest absolute Gasteiger partial charge is 0.354 e. The van der Waals surface area contributed by atoms with Gasteiger partial charge in [-0.25, -0.2) is 9.78 Å². The van der Waals surface area contributed by atoms with Crippen LogP contribution in [0.15, 0.2) is 48.7 Å². The van der Waals surface area contributed by atoms with Crippen LogP contribution in [-0.4, -0.2) is 54.3 Å². The molecule has 2 N–H and O–H groups in total. The van der Waals surface area contributed by atoms with Gasteiger partial charge in [0.2, 0.25) is 5.91 Å². The fourth-order valence-electron chi connectivity index (χ4n) is 4.81. The molecule has 4 atom stereocenters. The van der Waals surface area contributed by atoms with Crippen molar-refractivity contribution in [3.8, 4) is 0 Å². The normalized spacial score (nSPS) is 25.6. The van der Waals surface area contributed by atoms with Gasteiger partial charge in [-0.2, -0.15) is 0 Å². The van der Waals surface area contributed by atoms with Gasteiger partial charge in [-0.05, 0) is 42.4 Å². The highest BCUT2D eigenvalue weighted by Gasteiger charge is 2.43. The first-order valence-corrected chi connectivity index (χ1v) is 10.3. The predicted octanol–water partition coefficient (Wildman–Crippen LogP) is 2.37. The van der Waals surface area contributed by atoms with E-state index in [2.05, 4.69) is 15.2 Å². The SMILES string of the molecule is CO[C@H]1C[C@@H]2CN(c3ccnc(C(=O)O)c3)C[C@@H]2C[C@@H]1NC(=O)Cc1ccccc1. The summed E-state index contributed by atoms with van der Waals surface area (Å²) in [4.78, 5) is 30.0. The number of carboxylic acid groups (broad SMARTS) is 1. The first-order chi connectivity index (χ1) is 14.5. The number of hydrogen-bond donors (Lipinski definition) is 2. The summed E-state index contributed by atoms with van der Waals surface area (Å²) in [5.41, 5.74) is 1.94. The van der Waals surface area contributed by atoms with E-state index < -0.39 is 5.97 Å². The van der Waals surface area contributed by atoms with Crippen molar-refractivity contribution in [1.82, 2.24) is 10.3 Å². The van der Waals surface area contributed by atoms with E-state index >= 15 is 0 Å². The third kappa shape index (κ3) is 4.46. The number of fused-ring (bicyclic) bond motifs is 1. The van der Waals surface area contributed by atoms with E-state index in [9.17, 15) is 14.7 Å². The Bertz CT molecular complexity index is 904. The lowest BCUT2D eigenvalue weighted by Crippen LogP contribution is -2.50. The van der Waals surface area contributed by atoms with Crippen molar-refractivity contribution < 1.29 is 19.4 Å². The summed E-state index contributed by atoms with van der Waals surface area (Å²) in [5, 5.41) is 12.4. The van der Waals surface area contributed by atoms with Gasteiger partial charge in [0.15, 0.2) is 0 Å². The highest BCUT2D eigenvalue weighted by atomic mass is 16.5. The molecule has 7 heteroatoms. The number of carboxylic acids is 1. The fourth-order valence-corrected chi connectivity index (χ4v) is 4.81. The monoisotopic (exact) mass is 409 g/mol. The van der Waals surface area contributed by atoms with Crippen LogP contribution < -0.4 is 10.2 Å². The van der Waals surface area contributed by atoms with Crippen LogP contribution in [0.1, 0.15) is 28.9 Å². The van der Waals surface area contributed by atoms with Crippen molar-refractivity contribution in [3.63, 3.8) is 0 Å². The van der Waals surface area contributed by atoms with E-state index in [1.54, 1.807) is 19.4 Å². The Labute approximate surface area is 176 Å². The number of carbonyl (C=O) groups is 2. The standard InChI is InChI=1S/C23H27N3O4/c1-30-21-11-17-14-26(18-7-8-24-20(12-18)23(28)29)13-16(17)10-19(21)25-22(27)9-15-5-3-2-4-6-15/h2-8,12,16-17,19,21H,9-11,13-14H2,1H3,(H,25,27)(H,28,29)/t16-,17+,19-,21-/m0/s1. The van der Waals surface area contributed by atoms with E-state index in [0.717, 1.165) is 37.2 Å². The van der Waals surface area contributed by atoms with Crippen LogP contribution in [0.3, 0.4) is 0 Å². The number of amides is 1. The average molecular weight is 409 g/mol. The van der Waals surface area contributed by atoms with Crippen LogP contribution in [0.5, 0.6) is 0 Å². The second-order valence-corrected chi connectivity index (χ2v) is 8.21. The summed E-state index contributed by atoms with van der Waals surface area (Å²) in [6.45, 7) is 1.70. The number of rotatable bonds is 6. The van der Waals surface area contributed by atoms with E-state index in [4.69, 9.17) is 4.74 Å². The maximum absolute atomic E-state index is 12.6. The van der Waals surface area contributed by atoms with Crippen molar-refractivity contribution in [2.45, 2.75) is 31.4 Å². The summed E-state index contributed by atoms with van der Waals surface area (Å²) in [5.74, 6) is -0.116. The quantitative estimate of drug-likeness (QED) is 0.761. The molecule has 0 radical (unpaired) electrons. The predicted molar refractivity (Wildman–Crippen MR) is 112 cm³/mol. The lowest BCUT2D eigenvalue weighted by molar-refractivity contribution is -0.123. The average Bonchev–Trinajstić information content (AvgIpc) is 3.16. The number of ether oxygens (including phenoxy) is 1. The van der Waals surface area contributed by atoms with Crippen LogP contribution in [0.25, 0.3) is 0 Å². The van der Waals surface area contributed by atoms with Crippen LogP contribution in [0.2, 0.25) is 0 Å². The molecule has 2 fully saturated rings. The summed E-state index contributed by atoms with van der Waals surface area (Å²) in [6.07, 6.45) is 3.63. The fraction of sp³-hybridized carbons (Fsp3) is 0.435. The van der Waals surface area contributed by atoms with E-state index in [0.29, 0.717) is 18.3 Å². The molecule has 2 heterocycles. The molecule has 1 saturated heterocycles. The largest absolute Gasteiger partial charge is 0.477 e. The molecule has 1 amide bonds. The molecule has 158 valence electrons. The van der Waals surface area contributed by atoms with Gasteiger partial charge >= 0.3 is 5.97 Å². The molecule has 1 aromatic carbocycles. The van der Waals surface area contributed by atoms with Crippen molar-refractivity contribution in [3.05, 3.63) is 59.9 Å². The van der Waals surface area contributed by atoms with Gasteiger partial charge in [-0.1, -0.05) is 30.3 Å². The zero-order valence-electron chi connectivity index (χ0n) is 17.0. The van der Waals surface area contributed by atoms with Crippen molar-refractivity contribution in [2.75, 3.05) is 25.1 Å². The number of nitrogens with one attached hydrogen (secondary N) is 1. The first-order valence-electron chi connectivity index (χ1n) is 10.3. The molecule has 4 rings (SSSR count). The van der Waals surface area contributed by atoms with Gasteiger partial charge in [0.05, 0.1) is 18.6 Å². The van der Waals surface area contributed by atoms with Crippen molar-refractivity contribution >= 4 is 17.6 Å². The molecular weight excluding hydrogens is 382 g/mol. The third-order valence-corrected chi connectivity index (χ3v) is 6.30. The molecule has 30 heavy (non-hydrogen) atoms. The Morgan fingerprint density at radius 3 is 2.60 bits per heavy atom. The van der Waals surface area contributed by atoms with Gasteiger partial charge in [-0.3, -0.25) is 4.79 Å². The third-order valence-electron chi connectivity index (χ3n) is 6.30. The summed E-state index contributed by atoms with van der Waals surface area (Å²) < 4.78 is 5.73. The number of aromatic carboxylic acids is 1. The lowest BCUT2D eigenvalue weighted by atomic mass is 9.77. The molecular formula is C23H27N3O4. The number of benzene rings is 1. The Morgan fingerprint density at radius 1 is 1.17 bits per heavy atom. The molecule has 2 aliphatic rings. The van der Waals surface area contributed by atoms with Gasteiger partial charge in [0.1, 0.15) is 5.69 Å². The van der Waals surface area contributed by atoms with E-state index in [1.807, 2.05) is 36.4 Å². The Balaban J connectivity index is 1.41. The molecule has 1 saturated carbocycles. The van der Waals surface area contributed by atoms with Crippen molar-refractivity contribution in [1.29, 1.82) is 0 Å². The van der Waals surface area contributed by atoms with Gasteiger partial charge in [-0.15, -0.1) is 0 Å². The van der Waals surface area contributed by atoms with Crippen LogP contribution in [0.4, 0.5) is 5.69 Å². The van der Waals surface area contributed by atoms with Crippen LogP contribution in [-0.2, 0) is 16.0 Å². The number of methoxy groups -OCH3 is 1. The minimum atomic E-state index is -1.02. The maximum atomic E-state index is 12.6. The molecule has 7 nitrogen and oxygen atoms in total. The summed E-state index contributed by atoms with van der Waals surface area (Å²) >= 11 is 0.